The van der Waals surface area contributed by atoms with Gasteiger partial charge >= 0.3 is 0 Å². The lowest BCUT2D eigenvalue weighted by Gasteiger charge is -2.11. The maximum absolute atomic E-state index is 13.1. The first-order valence-electron chi connectivity index (χ1n) is 7.25. The molecule has 4 aromatic rings. The Hall–Kier alpha value is -2.58. The second-order valence-electron chi connectivity index (χ2n) is 5.03. The minimum absolute atomic E-state index is 0.319. The minimum Gasteiger partial charge on any atom is -0.453 e. The summed E-state index contributed by atoms with van der Waals surface area (Å²) in [5.41, 5.74) is 0.813. The summed E-state index contributed by atoms with van der Waals surface area (Å²) in [5.74, 6) is 1.19. The van der Waals surface area contributed by atoms with E-state index in [-0.39, 0.29) is 5.82 Å². The number of rotatable bonds is 4. The molecular formula is C17H10BrFN4OS. The molecule has 3 aromatic heterocycles. The number of nitrogens with one attached hydrogen (secondary N) is 1. The number of aromatic nitrogens is 3. The van der Waals surface area contributed by atoms with Crippen molar-refractivity contribution in [3.8, 4) is 11.5 Å². The molecule has 0 atom stereocenters. The molecule has 0 saturated carbocycles. The summed E-state index contributed by atoms with van der Waals surface area (Å²) in [5, 5.41) is 3.82. The van der Waals surface area contributed by atoms with Crippen LogP contribution in [-0.2, 0) is 0 Å². The quantitative estimate of drug-likeness (QED) is 0.474. The van der Waals surface area contributed by atoms with Crippen molar-refractivity contribution < 1.29 is 9.13 Å². The van der Waals surface area contributed by atoms with Gasteiger partial charge in [0.25, 0.3) is 0 Å². The van der Waals surface area contributed by atoms with Crippen molar-refractivity contribution in [1.29, 1.82) is 0 Å². The summed E-state index contributed by atoms with van der Waals surface area (Å²) in [6.07, 6.45) is 3.39. The number of hydrogen-bond acceptors (Lipinski definition) is 6. The molecule has 0 aliphatic rings. The third kappa shape index (κ3) is 3.59. The standard InChI is InChI=1S/C17H10BrFN4OS/c18-10-8-14(24-12-5-3-11(19)4-6-12)15(21-9-10)23-17-22-13-2-1-7-20-16(13)25-17/h1-9H,(H,21,22,23). The van der Waals surface area contributed by atoms with E-state index in [1.807, 2.05) is 12.1 Å². The number of anilines is 2. The third-order valence-corrected chi connectivity index (χ3v) is 4.58. The van der Waals surface area contributed by atoms with Crippen LogP contribution >= 0.6 is 27.3 Å². The average Bonchev–Trinajstić information content (AvgIpc) is 3.02. The third-order valence-electron chi connectivity index (χ3n) is 3.25. The summed E-state index contributed by atoms with van der Waals surface area (Å²) in [4.78, 5) is 13.9. The van der Waals surface area contributed by atoms with Crippen LogP contribution in [0.2, 0.25) is 0 Å². The molecule has 124 valence electrons. The molecule has 0 fully saturated rings. The van der Waals surface area contributed by atoms with E-state index in [2.05, 4.69) is 36.2 Å². The van der Waals surface area contributed by atoms with Gasteiger partial charge < -0.3 is 10.1 Å². The van der Waals surface area contributed by atoms with Crippen LogP contribution in [-0.4, -0.2) is 15.0 Å². The van der Waals surface area contributed by atoms with Crippen LogP contribution in [0.4, 0.5) is 15.3 Å². The second-order valence-corrected chi connectivity index (χ2v) is 6.92. The van der Waals surface area contributed by atoms with Crippen LogP contribution < -0.4 is 10.1 Å². The topological polar surface area (TPSA) is 59.9 Å². The van der Waals surface area contributed by atoms with Crippen LogP contribution in [0.25, 0.3) is 10.3 Å². The summed E-state index contributed by atoms with van der Waals surface area (Å²) in [6.45, 7) is 0. The van der Waals surface area contributed by atoms with Gasteiger partial charge in [-0.05, 0) is 52.3 Å². The highest BCUT2D eigenvalue weighted by Gasteiger charge is 2.11. The van der Waals surface area contributed by atoms with Gasteiger partial charge in [0.15, 0.2) is 16.7 Å². The van der Waals surface area contributed by atoms with Gasteiger partial charge in [0.2, 0.25) is 0 Å². The van der Waals surface area contributed by atoms with E-state index in [1.165, 1.54) is 23.5 Å². The number of benzene rings is 1. The highest BCUT2D eigenvalue weighted by atomic mass is 79.9. The Morgan fingerprint density at radius 3 is 2.76 bits per heavy atom. The fraction of sp³-hybridized carbons (Fsp3) is 0. The summed E-state index contributed by atoms with van der Waals surface area (Å²) < 4.78 is 19.7. The number of nitrogens with zero attached hydrogens (tertiary/aromatic N) is 3. The van der Waals surface area contributed by atoms with E-state index >= 15 is 0 Å². The first-order valence-corrected chi connectivity index (χ1v) is 8.86. The van der Waals surface area contributed by atoms with Crippen molar-refractivity contribution in [3.05, 3.63) is 65.1 Å². The predicted molar refractivity (Wildman–Crippen MR) is 99.1 cm³/mol. The normalized spacial score (nSPS) is 10.8. The Morgan fingerprint density at radius 1 is 1.12 bits per heavy atom. The molecule has 0 bridgehead atoms. The molecule has 4 rings (SSSR count). The zero-order valence-corrected chi connectivity index (χ0v) is 15.0. The van der Waals surface area contributed by atoms with Crippen molar-refractivity contribution in [1.82, 2.24) is 15.0 Å². The summed E-state index contributed by atoms with van der Waals surface area (Å²) in [6, 6.07) is 11.3. The lowest BCUT2D eigenvalue weighted by molar-refractivity contribution is 0.480. The minimum atomic E-state index is -0.319. The van der Waals surface area contributed by atoms with Gasteiger partial charge in [-0.25, -0.2) is 19.3 Å². The Balaban J connectivity index is 1.65. The van der Waals surface area contributed by atoms with Gasteiger partial charge in [-0.3, -0.25) is 0 Å². The fourth-order valence-corrected chi connectivity index (χ4v) is 3.26. The molecule has 8 heteroatoms. The highest BCUT2D eigenvalue weighted by Crippen LogP contribution is 2.34. The number of pyridine rings is 2. The maximum Gasteiger partial charge on any atom is 0.191 e. The van der Waals surface area contributed by atoms with E-state index in [0.717, 1.165) is 14.8 Å². The molecule has 5 nitrogen and oxygen atoms in total. The molecule has 0 amide bonds. The monoisotopic (exact) mass is 416 g/mol. The highest BCUT2D eigenvalue weighted by molar-refractivity contribution is 9.10. The molecule has 3 heterocycles. The van der Waals surface area contributed by atoms with Crippen molar-refractivity contribution in [2.75, 3.05) is 5.32 Å². The number of halogens is 2. The van der Waals surface area contributed by atoms with E-state index < -0.39 is 0 Å². The Labute approximate surface area is 154 Å². The van der Waals surface area contributed by atoms with Crippen LogP contribution in [0.1, 0.15) is 0 Å². The van der Waals surface area contributed by atoms with Gasteiger partial charge in [0.05, 0.1) is 0 Å². The smallest absolute Gasteiger partial charge is 0.191 e. The lowest BCUT2D eigenvalue weighted by Crippen LogP contribution is -1.97. The van der Waals surface area contributed by atoms with Crippen molar-refractivity contribution in [2.24, 2.45) is 0 Å². The van der Waals surface area contributed by atoms with E-state index in [4.69, 9.17) is 4.74 Å². The van der Waals surface area contributed by atoms with Crippen LogP contribution in [0.15, 0.2) is 59.3 Å². The second kappa shape index (κ2) is 6.73. The summed E-state index contributed by atoms with van der Waals surface area (Å²) in [7, 11) is 0. The van der Waals surface area contributed by atoms with Crippen molar-refractivity contribution in [3.63, 3.8) is 0 Å². The molecular weight excluding hydrogens is 407 g/mol. The van der Waals surface area contributed by atoms with Gasteiger partial charge in [0, 0.05) is 22.9 Å². The first-order chi connectivity index (χ1) is 12.2. The number of fused-ring (bicyclic) bond motifs is 1. The number of hydrogen-bond donors (Lipinski definition) is 1. The Morgan fingerprint density at radius 2 is 1.96 bits per heavy atom. The number of thiazole rings is 1. The molecule has 0 aliphatic heterocycles. The predicted octanol–water partition coefficient (Wildman–Crippen LogP) is 5.52. The maximum atomic E-state index is 13.1. The van der Waals surface area contributed by atoms with Crippen LogP contribution in [0.3, 0.4) is 0 Å². The van der Waals surface area contributed by atoms with Crippen LogP contribution in [0, 0.1) is 5.82 Å². The van der Waals surface area contributed by atoms with Gasteiger partial charge in [0.1, 0.15) is 21.9 Å². The zero-order valence-electron chi connectivity index (χ0n) is 12.6. The molecule has 1 aromatic carbocycles. The van der Waals surface area contributed by atoms with E-state index in [9.17, 15) is 4.39 Å². The zero-order chi connectivity index (χ0) is 17.2. The molecule has 1 N–H and O–H groups in total. The fourth-order valence-electron chi connectivity index (χ4n) is 2.15. The SMILES string of the molecule is Fc1ccc(Oc2cc(Br)cnc2Nc2nc3cccnc3s2)cc1. The average molecular weight is 417 g/mol. The molecule has 0 radical (unpaired) electrons. The Bertz CT molecular complexity index is 1010. The van der Waals surface area contributed by atoms with Gasteiger partial charge in [-0.2, -0.15) is 0 Å². The van der Waals surface area contributed by atoms with Crippen LogP contribution in [0.5, 0.6) is 11.5 Å². The molecule has 0 aliphatic carbocycles. The molecule has 0 unspecified atom stereocenters. The summed E-state index contributed by atoms with van der Waals surface area (Å²) >= 11 is 4.80. The van der Waals surface area contributed by atoms with Crippen molar-refractivity contribution in [2.45, 2.75) is 0 Å². The first kappa shape index (κ1) is 15.9. The number of ether oxygens (including phenoxy) is 1. The van der Waals surface area contributed by atoms with E-state index in [1.54, 1.807) is 30.6 Å². The lowest BCUT2D eigenvalue weighted by atomic mass is 10.3. The van der Waals surface area contributed by atoms with E-state index in [0.29, 0.717) is 22.4 Å². The Kier molecular flexibility index (Phi) is 4.29. The van der Waals surface area contributed by atoms with Gasteiger partial charge in [-0.15, -0.1) is 0 Å². The molecule has 25 heavy (non-hydrogen) atoms. The molecule has 0 saturated heterocycles. The largest absolute Gasteiger partial charge is 0.453 e. The molecule has 0 spiro atoms. The van der Waals surface area contributed by atoms with Gasteiger partial charge in [-0.1, -0.05) is 11.3 Å². The van der Waals surface area contributed by atoms with Crippen molar-refractivity contribution >= 4 is 48.6 Å².